The Hall–Kier alpha value is -2.33. The van der Waals surface area contributed by atoms with E-state index in [-0.39, 0.29) is 31.5 Å². The monoisotopic (exact) mass is 368 g/mol. The van der Waals surface area contributed by atoms with Gasteiger partial charge >= 0.3 is 6.16 Å². The van der Waals surface area contributed by atoms with Crippen molar-refractivity contribution in [1.82, 2.24) is 0 Å². The molecular formula is C14H28N2O9. The molecular weight excluding hydrogens is 340 g/mol. The molecule has 25 heavy (non-hydrogen) atoms. The van der Waals surface area contributed by atoms with Crippen LogP contribution in [0.5, 0.6) is 0 Å². The number of ether oxygens (including phenoxy) is 2. The third kappa shape index (κ3) is 11.8. The Kier molecular flexibility index (Phi) is 14.0. The highest BCUT2D eigenvalue weighted by Gasteiger charge is 2.40. The first-order valence-corrected chi connectivity index (χ1v) is 8.23. The molecule has 1 aliphatic rings. The van der Waals surface area contributed by atoms with Crippen LogP contribution < -0.4 is 0 Å². The van der Waals surface area contributed by atoms with Crippen LogP contribution in [-0.2, 0) is 19.1 Å². The molecule has 0 amide bonds. The minimum Gasteiger partial charge on any atom is -0.434 e. The molecule has 0 bridgehead atoms. The molecule has 0 N–H and O–H groups in total. The van der Waals surface area contributed by atoms with Gasteiger partial charge in [0.2, 0.25) is 0 Å². The van der Waals surface area contributed by atoms with Gasteiger partial charge in [0.25, 0.3) is 10.2 Å². The van der Waals surface area contributed by atoms with Crippen LogP contribution in [0.2, 0.25) is 0 Å². The molecule has 0 aromatic carbocycles. The van der Waals surface area contributed by atoms with Gasteiger partial charge < -0.3 is 19.1 Å². The maximum Gasteiger partial charge on any atom is 0.508 e. The Bertz CT molecular complexity index is 380. The Morgan fingerprint density at radius 2 is 1.40 bits per heavy atom. The lowest BCUT2D eigenvalue weighted by atomic mass is 10.1. The summed E-state index contributed by atoms with van der Waals surface area (Å²) in [5, 5.41) is 18.6. The van der Waals surface area contributed by atoms with Gasteiger partial charge in [0.1, 0.15) is 12.2 Å². The Balaban J connectivity index is 0. The van der Waals surface area contributed by atoms with Crippen molar-refractivity contribution >= 4 is 6.16 Å². The topological polar surface area (TPSA) is 140 Å². The van der Waals surface area contributed by atoms with Gasteiger partial charge in [-0.3, -0.25) is 0 Å². The highest BCUT2D eigenvalue weighted by molar-refractivity contribution is 5.60. The number of carbonyl (C=O) groups is 1. The highest BCUT2D eigenvalue weighted by Crippen LogP contribution is 2.31. The van der Waals surface area contributed by atoms with Crippen molar-refractivity contribution in [1.29, 1.82) is 0 Å². The molecule has 1 fully saturated rings. The highest BCUT2D eigenvalue weighted by atomic mass is 17.0. The average molecular weight is 368 g/mol. The number of hydrogen-bond acceptors (Lipinski definition) is 9. The lowest BCUT2D eigenvalue weighted by Gasteiger charge is -2.14. The van der Waals surface area contributed by atoms with Crippen LogP contribution >= 0.6 is 0 Å². The quantitative estimate of drug-likeness (QED) is 0.376. The summed E-state index contributed by atoms with van der Waals surface area (Å²) in [6.07, 6.45) is -3.13. The van der Waals surface area contributed by atoms with E-state index in [4.69, 9.17) is 9.47 Å². The summed E-state index contributed by atoms with van der Waals surface area (Å²) >= 11 is 0. The Labute approximate surface area is 146 Å². The molecule has 0 heterocycles. The molecule has 1 rings (SSSR count). The fourth-order valence-electron chi connectivity index (χ4n) is 2.05. The molecule has 2 atom stereocenters. The lowest BCUT2D eigenvalue weighted by molar-refractivity contribution is -0.797. The minimum atomic E-state index is -1.07. The number of hydrogen-bond donors (Lipinski definition) is 0. The van der Waals surface area contributed by atoms with Crippen LogP contribution in [0.4, 0.5) is 4.79 Å². The fourth-order valence-corrected chi connectivity index (χ4v) is 2.05. The van der Waals surface area contributed by atoms with E-state index >= 15 is 0 Å². The molecule has 0 aromatic rings. The van der Waals surface area contributed by atoms with Crippen LogP contribution in [0.15, 0.2) is 0 Å². The maximum atomic E-state index is 11.2. The van der Waals surface area contributed by atoms with Gasteiger partial charge in [-0.2, -0.15) is 0 Å². The molecule has 0 aromatic heterocycles. The number of nitrogens with zero attached hydrogens (tertiary/aromatic N) is 2. The summed E-state index contributed by atoms with van der Waals surface area (Å²) < 4.78 is 9.58. The Morgan fingerprint density at radius 1 is 1.00 bits per heavy atom. The molecule has 0 spiro atoms. The lowest BCUT2D eigenvalue weighted by Crippen LogP contribution is -2.30. The van der Waals surface area contributed by atoms with E-state index in [2.05, 4.69) is 9.68 Å². The van der Waals surface area contributed by atoms with Gasteiger partial charge in [-0.15, -0.1) is 20.2 Å². The number of rotatable bonds is 7. The minimum absolute atomic E-state index is 0.0826. The van der Waals surface area contributed by atoms with Crippen molar-refractivity contribution in [3.8, 4) is 0 Å². The molecule has 1 aliphatic carbocycles. The molecule has 0 aliphatic heterocycles. The van der Waals surface area contributed by atoms with Crippen molar-refractivity contribution in [2.24, 2.45) is 5.92 Å². The van der Waals surface area contributed by atoms with Gasteiger partial charge in [-0.05, 0) is 32.6 Å². The van der Waals surface area contributed by atoms with Crippen LogP contribution in [0.25, 0.3) is 0 Å². The van der Waals surface area contributed by atoms with Crippen LogP contribution in [0.1, 0.15) is 54.4 Å². The molecule has 11 heteroatoms. The predicted octanol–water partition coefficient (Wildman–Crippen LogP) is 3.16. The molecule has 2 unspecified atom stereocenters. The van der Waals surface area contributed by atoms with Crippen molar-refractivity contribution in [3.63, 3.8) is 0 Å². The third-order valence-corrected chi connectivity index (χ3v) is 2.76. The predicted molar refractivity (Wildman–Crippen MR) is 86.7 cm³/mol. The van der Waals surface area contributed by atoms with Crippen molar-refractivity contribution < 1.29 is 34.1 Å². The first-order chi connectivity index (χ1) is 11.8. The molecule has 0 radical (unpaired) electrons. The van der Waals surface area contributed by atoms with Crippen LogP contribution in [0.3, 0.4) is 0 Å². The average Bonchev–Trinajstić information content (AvgIpc) is 2.89. The van der Waals surface area contributed by atoms with Crippen molar-refractivity contribution in [2.75, 3.05) is 6.61 Å². The SMILES string of the molecule is CC.CC.CC(C)OC(=O)OCC1CC(O[N+](=O)[O-])C(O[N+](=O)[O-])C1. The van der Waals surface area contributed by atoms with E-state index in [0.717, 1.165) is 0 Å². The second-order valence-corrected chi connectivity index (χ2v) is 4.80. The van der Waals surface area contributed by atoms with Gasteiger partial charge in [0.15, 0.2) is 0 Å². The first-order valence-electron chi connectivity index (χ1n) is 8.23. The zero-order chi connectivity index (χ0) is 20.0. The molecule has 148 valence electrons. The zero-order valence-electron chi connectivity index (χ0n) is 15.5. The van der Waals surface area contributed by atoms with Crippen molar-refractivity contribution in [3.05, 3.63) is 20.2 Å². The van der Waals surface area contributed by atoms with Gasteiger partial charge in [-0.1, -0.05) is 27.7 Å². The normalized spacial score (nSPS) is 21.0. The second kappa shape index (κ2) is 14.1. The first kappa shape index (κ1) is 24.9. The molecule has 1 saturated carbocycles. The van der Waals surface area contributed by atoms with E-state index in [0.29, 0.717) is 0 Å². The van der Waals surface area contributed by atoms with E-state index in [9.17, 15) is 25.0 Å². The van der Waals surface area contributed by atoms with Gasteiger partial charge in [-0.25, -0.2) is 4.79 Å². The fraction of sp³-hybridized carbons (Fsp3) is 0.929. The summed E-state index contributed by atoms with van der Waals surface area (Å²) in [5.41, 5.74) is 0. The molecule has 0 saturated heterocycles. The van der Waals surface area contributed by atoms with Crippen LogP contribution in [-0.4, -0.2) is 41.2 Å². The molecule has 11 nitrogen and oxygen atoms in total. The van der Waals surface area contributed by atoms with Gasteiger partial charge in [0, 0.05) is 0 Å². The maximum absolute atomic E-state index is 11.2. The Morgan fingerprint density at radius 3 is 1.72 bits per heavy atom. The third-order valence-electron chi connectivity index (χ3n) is 2.76. The summed E-state index contributed by atoms with van der Waals surface area (Å²) in [5.74, 6) is -0.348. The number of carbonyl (C=O) groups excluding carboxylic acids is 1. The summed E-state index contributed by atoms with van der Waals surface area (Å²) in [7, 11) is 0. The summed E-state index contributed by atoms with van der Waals surface area (Å²) in [6.45, 7) is 11.2. The van der Waals surface area contributed by atoms with Crippen molar-refractivity contribution in [2.45, 2.75) is 72.7 Å². The van der Waals surface area contributed by atoms with E-state index in [1.807, 2.05) is 27.7 Å². The standard InChI is InChI=1S/C10H16N2O9.2C2H6/c1-6(2)19-10(13)18-5-7-3-8(20-11(14)15)9(4-7)21-12(16)17;2*1-2/h6-9H,3-5H2,1-2H3;2*1-2H3. The van der Waals surface area contributed by atoms with E-state index in [1.165, 1.54) is 0 Å². The smallest absolute Gasteiger partial charge is 0.434 e. The van der Waals surface area contributed by atoms with E-state index < -0.39 is 28.5 Å². The summed E-state index contributed by atoms with van der Waals surface area (Å²) in [6, 6.07) is 0. The van der Waals surface area contributed by atoms with E-state index in [1.54, 1.807) is 13.8 Å². The largest absolute Gasteiger partial charge is 0.508 e. The van der Waals surface area contributed by atoms with Crippen LogP contribution in [0, 0.1) is 26.1 Å². The zero-order valence-corrected chi connectivity index (χ0v) is 15.5. The van der Waals surface area contributed by atoms with Gasteiger partial charge in [0.05, 0.1) is 12.7 Å². The summed E-state index contributed by atoms with van der Waals surface area (Å²) in [4.78, 5) is 40.6. The second-order valence-electron chi connectivity index (χ2n) is 4.80.